The number of piperidine rings is 1. The van der Waals surface area contributed by atoms with Crippen molar-refractivity contribution in [2.24, 2.45) is 5.92 Å². The zero-order valence-electron chi connectivity index (χ0n) is 16.6. The van der Waals surface area contributed by atoms with Crippen LogP contribution in [-0.4, -0.2) is 62.8 Å². The summed E-state index contributed by atoms with van der Waals surface area (Å²) >= 11 is 0. The van der Waals surface area contributed by atoms with Gasteiger partial charge in [0.25, 0.3) is 0 Å². The summed E-state index contributed by atoms with van der Waals surface area (Å²) in [6.45, 7) is 6.42. The number of likely N-dealkylation sites (tertiary alicyclic amines) is 1. The van der Waals surface area contributed by atoms with Crippen LogP contribution in [0.2, 0.25) is 0 Å². The molecule has 5 nitrogen and oxygen atoms in total. The van der Waals surface area contributed by atoms with E-state index in [1.54, 1.807) is 0 Å². The zero-order chi connectivity index (χ0) is 18.0. The molecule has 28 heavy (non-hydrogen) atoms. The van der Waals surface area contributed by atoms with E-state index in [4.69, 9.17) is 4.74 Å². The molecule has 0 spiro atoms. The number of morpholine rings is 1. The van der Waals surface area contributed by atoms with Crippen molar-refractivity contribution in [2.45, 2.75) is 38.2 Å². The highest BCUT2D eigenvalue weighted by atomic mass is 35.5. The molecule has 2 N–H and O–H groups in total. The lowest BCUT2D eigenvalue weighted by atomic mass is 9.90. The van der Waals surface area contributed by atoms with Gasteiger partial charge in [-0.1, -0.05) is 30.3 Å². The molecule has 0 saturated carbocycles. The Kier molecular flexibility index (Phi) is 12.8. The molecule has 1 aromatic rings. The van der Waals surface area contributed by atoms with Crippen molar-refractivity contribution < 1.29 is 9.53 Å². The Balaban J connectivity index is 0.00000196. The van der Waals surface area contributed by atoms with E-state index in [9.17, 15) is 4.79 Å². The second kappa shape index (κ2) is 14.2. The van der Waals surface area contributed by atoms with Crippen LogP contribution in [0.3, 0.4) is 0 Å². The number of hydrogen-bond donors (Lipinski definition) is 2. The van der Waals surface area contributed by atoms with Crippen LogP contribution in [0.15, 0.2) is 30.3 Å². The van der Waals surface area contributed by atoms with Crippen LogP contribution in [0, 0.1) is 5.92 Å². The molecule has 160 valence electrons. The number of carbonyl (C=O) groups is 1. The highest BCUT2D eigenvalue weighted by Gasteiger charge is 2.21. The van der Waals surface area contributed by atoms with E-state index < -0.39 is 0 Å². The van der Waals surface area contributed by atoms with Gasteiger partial charge in [-0.25, -0.2) is 0 Å². The van der Waals surface area contributed by atoms with Crippen molar-refractivity contribution in [3.8, 4) is 0 Å². The van der Waals surface area contributed by atoms with E-state index in [0.29, 0.717) is 13.2 Å². The molecular weight excluding hydrogens is 397 g/mol. The van der Waals surface area contributed by atoms with Gasteiger partial charge in [0.2, 0.25) is 5.91 Å². The smallest absolute Gasteiger partial charge is 0.250 e. The number of nitrogens with zero attached hydrogens (tertiary/aromatic N) is 1. The molecule has 0 aromatic heterocycles. The Bertz CT molecular complexity index is 534. The quantitative estimate of drug-likeness (QED) is 0.621. The van der Waals surface area contributed by atoms with E-state index in [1.165, 1.54) is 37.9 Å². The van der Waals surface area contributed by atoms with Crippen LogP contribution in [-0.2, 0) is 16.0 Å². The summed E-state index contributed by atoms with van der Waals surface area (Å²) in [5.41, 5.74) is 1.47. The Labute approximate surface area is 181 Å². The van der Waals surface area contributed by atoms with Gasteiger partial charge in [0.05, 0.1) is 6.61 Å². The molecule has 3 rings (SSSR count). The standard InChI is InChI=1S/C21H33N3O2.2ClH/c25-21(20-17-22-11-15-26-20)23-10-4-5-12-24-13-8-19(9-14-24)16-18-6-2-1-3-7-18;;/h1-3,6-7,19-20,22H,4-5,8-17H2,(H,23,25);2*1H. The minimum absolute atomic E-state index is 0. The topological polar surface area (TPSA) is 53.6 Å². The first kappa shape index (κ1) is 25.2. The van der Waals surface area contributed by atoms with Crippen LogP contribution in [0.4, 0.5) is 0 Å². The first-order valence-electron chi connectivity index (χ1n) is 10.2. The van der Waals surface area contributed by atoms with Crippen molar-refractivity contribution >= 4 is 30.7 Å². The molecule has 1 unspecified atom stereocenters. The van der Waals surface area contributed by atoms with Crippen molar-refractivity contribution in [1.29, 1.82) is 0 Å². The van der Waals surface area contributed by atoms with Gasteiger partial charge < -0.3 is 20.3 Å². The van der Waals surface area contributed by atoms with Gasteiger partial charge in [-0.05, 0) is 63.2 Å². The lowest BCUT2D eigenvalue weighted by Crippen LogP contribution is -2.48. The largest absolute Gasteiger partial charge is 0.366 e. The third-order valence-corrected chi connectivity index (χ3v) is 5.49. The maximum absolute atomic E-state index is 12.0. The summed E-state index contributed by atoms with van der Waals surface area (Å²) in [6, 6.07) is 10.9. The number of carbonyl (C=O) groups excluding carboxylic acids is 1. The van der Waals surface area contributed by atoms with E-state index in [0.717, 1.165) is 38.4 Å². The highest BCUT2D eigenvalue weighted by Crippen LogP contribution is 2.21. The van der Waals surface area contributed by atoms with Crippen LogP contribution < -0.4 is 10.6 Å². The molecule has 1 aromatic carbocycles. The number of unbranched alkanes of at least 4 members (excludes halogenated alkanes) is 1. The normalized spacial score (nSPS) is 20.6. The van der Waals surface area contributed by atoms with Crippen LogP contribution in [0.1, 0.15) is 31.2 Å². The highest BCUT2D eigenvalue weighted by molar-refractivity contribution is 5.85. The number of rotatable bonds is 8. The minimum Gasteiger partial charge on any atom is -0.366 e. The number of hydrogen-bond acceptors (Lipinski definition) is 4. The molecule has 2 aliphatic heterocycles. The summed E-state index contributed by atoms with van der Waals surface area (Å²) in [5, 5.41) is 6.19. The van der Waals surface area contributed by atoms with Crippen molar-refractivity contribution in [1.82, 2.24) is 15.5 Å². The lowest BCUT2D eigenvalue weighted by Gasteiger charge is -2.32. The van der Waals surface area contributed by atoms with Gasteiger partial charge in [0, 0.05) is 19.6 Å². The summed E-state index contributed by atoms with van der Waals surface area (Å²) in [6.07, 6.45) is 5.70. The fourth-order valence-corrected chi connectivity index (χ4v) is 3.88. The van der Waals surface area contributed by atoms with Gasteiger partial charge in [-0.2, -0.15) is 0 Å². The number of amides is 1. The predicted octanol–water partition coefficient (Wildman–Crippen LogP) is 2.67. The fraction of sp³-hybridized carbons (Fsp3) is 0.667. The van der Waals surface area contributed by atoms with Crippen molar-refractivity contribution in [3.05, 3.63) is 35.9 Å². The Morgan fingerprint density at radius 3 is 2.57 bits per heavy atom. The molecular formula is C21H35Cl2N3O2. The Morgan fingerprint density at radius 1 is 1.14 bits per heavy atom. The Morgan fingerprint density at radius 2 is 1.89 bits per heavy atom. The van der Waals surface area contributed by atoms with Crippen LogP contribution >= 0.6 is 24.8 Å². The lowest BCUT2D eigenvalue weighted by molar-refractivity contribution is -0.134. The van der Waals surface area contributed by atoms with Gasteiger partial charge in [0.1, 0.15) is 6.10 Å². The zero-order valence-corrected chi connectivity index (χ0v) is 18.2. The number of ether oxygens (including phenoxy) is 1. The maximum Gasteiger partial charge on any atom is 0.250 e. The van der Waals surface area contributed by atoms with E-state index >= 15 is 0 Å². The molecule has 0 aliphatic carbocycles. The monoisotopic (exact) mass is 431 g/mol. The first-order valence-corrected chi connectivity index (χ1v) is 10.2. The van der Waals surface area contributed by atoms with Crippen molar-refractivity contribution in [2.75, 3.05) is 45.9 Å². The van der Waals surface area contributed by atoms with Crippen molar-refractivity contribution in [3.63, 3.8) is 0 Å². The van der Waals surface area contributed by atoms with Crippen LogP contribution in [0.5, 0.6) is 0 Å². The van der Waals surface area contributed by atoms with Gasteiger partial charge in [-0.3, -0.25) is 4.79 Å². The molecule has 7 heteroatoms. The second-order valence-electron chi connectivity index (χ2n) is 7.54. The molecule has 0 radical (unpaired) electrons. The molecule has 2 saturated heterocycles. The van der Waals surface area contributed by atoms with E-state index in [1.807, 2.05) is 0 Å². The number of benzene rings is 1. The molecule has 1 atom stereocenters. The maximum atomic E-state index is 12.0. The van der Waals surface area contributed by atoms with E-state index in [2.05, 4.69) is 45.9 Å². The SMILES string of the molecule is Cl.Cl.O=C(NCCCCN1CCC(Cc2ccccc2)CC1)C1CNCCO1. The van der Waals surface area contributed by atoms with Gasteiger partial charge in [0.15, 0.2) is 0 Å². The summed E-state index contributed by atoms with van der Waals surface area (Å²) in [7, 11) is 0. The number of nitrogens with one attached hydrogen (secondary N) is 2. The van der Waals surface area contributed by atoms with Crippen LogP contribution in [0.25, 0.3) is 0 Å². The van der Waals surface area contributed by atoms with E-state index in [-0.39, 0.29) is 36.8 Å². The third-order valence-electron chi connectivity index (χ3n) is 5.49. The molecule has 2 aliphatic rings. The predicted molar refractivity (Wildman–Crippen MR) is 119 cm³/mol. The first-order chi connectivity index (χ1) is 12.8. The fourth-order valence-electron chi connectivity index (χ4n) is 3.88. The molecule has 1 amide bonds. The summed E-state index contributed by atoms with van der Waals surface area (Å²) < 4.78 is 5.46. The summed E-state index contributed by atoms with van der Waals surface area (Å²) in [4.78, 5) is 14.5. The van der Waals surface area contributed by atoms with Gasteiger partial charge in [-0.15, -0.1) is 24.8 Å². The molecule has 0 bridgehead atoms. The second-order valence-corrected chi connectivity index (χ2v) is 7.54. The molecule has 2 heterocycles. The average Bonchev–Trinajstić information content (AvgIpc) is 2.70. The third kappa shape index (κ3) is 8.66. The average molecular weight is 432 g/mol. The number of halogens is 2. The molecule has 2 fully saturated rings. The summed E-state index contributed by atoms with van der Waals surface area (Å²) in [5.74, 6) is 0.857. The minimum atomic E-state index is -0.313. The Hall–Kier alpha value is -0.850. The van der Waals surface area contributed by atoms with Gasteiger partial charge >= 0.3 is 0 Å².